The Morgan fingerprint density at radius 3 is 2.38 bits per heavy atom. The molecule has 1 unspecified atom stereocenters. The summed E-state index contributed by atoms with van der Waals surface area (Å²) in [5, 5.41) is 30.1. The van der Waals surface area contributed by atoms with Crippen LogP contribution in [0.3, 0.4) is 0 Å². The van der Waals surface area contributed by atoms with Gasteiger partial charge in [-0.1, -0.05) is 75.6 Å². The zero-order chi connectivity index (χ0) is 22.9. The highest BCUT2D eigenvalue weighted by Crippen LogP contribution is 2.45. The van der Waals surface area contributed by atoms with E-state index in [2.05, 4.69) is 12.1 Å². The molecule has 2 fully saturated rings. The van der Waals surface area contributed by atoms with Gasteiger partial charge in [-0.15, -0.1) is 11.6 Å². The average molecular weight is 465 g/mol. The molecule has 32 heavy (non-hydrogen) atoms. The lowest BCUT2D eigenvalue weighted by atomic mass is 9.83. The highest BCUT2D eigenvalue weighted by Gasteiger charge is 2.41. The van der Waals surface area contributed by atoms with Crippen LogP contribution in [0.1, 0.15) is 113 Å². The molecular formula is C27H41ClO4. The highest BCUT2D eigenvalue weighted by molar-refractivity contribution is 6.21. The van der Waals surface area contributed by atoms with E-state index in [9.17, 15) is 15.0 Å². The maximum atomic E-state index is 10.7. The SMILES string of the molecule is O=C(O)CCCCCC[C@@H]1[C@@H](c2ccc(C(O)CCC3CCCCC3)cc2)[C@H](O)C[C@H]1Cl. The lowest BCUT2D eigenvalue weighted by molar-refractivity contribution is -0.137. The summed E-state index contributed by atoms with van der Waals surface area (Å²) in [5.74, 6) is 0.308. The fraction of sp³-hybridized carbons (Fsp3) is 0.741. The molecule has 1 aromatic carbocycles. The van der Waals surface area contributed by atoms with E-state index in [-0.39, 0.29) is 23.6 Å². The Balaban J connectivity index is 1.50. The number of hydrogen-bond acceptors (Lipinski definition) is 3. The van der Waals surface area contributed by atoms with Gasteiger partial charge in [-0.25, -0.2) is 0 Å². The number of aliphatic hydroxyl groups is 2. The second-order valence-corrected chi connectivity index (χ2v) is 10.7. The summed E-state index contributed by atoms with van der Waals surface area (Å²) in [4.78, 5) is 10.6. The third-order valence-corrected chi connectivity index (χ3v) is 8.27. The minimum Gasteiger partial charge on any atom is -0.481 e. The molecule has 5 heteroatoms. The maximum Gasteiger partial charge on any atom is 0.303 e. The van der Waals surface area contributed by atoms with Crippen LogP contribution >= 0.6 is 11.6 Å². The first-order chi connectivity index (χ1) is 15.5. The average Bonchev–Trinajstić information content (AvgIpc) is 3.07. The molecule has 5 atom stereocenters. The fourth-order valence-electron chi connectivity index (χ4n) is 5.88. The van der Waals surface area contributed by atoms with Crippen molar-refractivity contribution in [3.63, 3.8) is 0 Å². The van der Waals surface area contributed by atoms with Crippen LogP contribution < -0.4 is 0 Å². The Hall–Kier alpha value is -1.10. The van der Waals surface area contributed by atoms with Gasteiger partial charge >= 0.3 is 5.97 Å². The standard InChI is InChI=1S/C27H41ClO4/c28-23-18-25(30)27(22(23)10-6-1-2-7-11-26(31)32)21-15-13-20(14-16-21)24(29)17-12-19-8-4-3-5-9-19/h13-16,19,22-25,27,29-30H,1-12,17-18H2,(H,31,32)/t22-,23+,24?,25+,27+/m0/s1. The van der Waals surface area contributed by atoms with Gasteiger partial charge < -0.3 is 15.3 Å². The van der Waals surface area contributed by atoms with Gasteiger partial charge in [0.25, 0.3) is 0 Å². The second-order valence-electron chi connectivity index (χ2n) is 10.1. The Labute approximate surface area is 198 Å². The topological polar surface area (TPSA) is 77.8 Å². The first kappa shape index (κ1) is 25.5. The fourth-order valence-corrected chi connectivity index (χ4v) is 6.34. The summed E-state index contributed by atoms with van der Waals surface area (Å²) in [6.45, 7) is 0. The third kappa shape index (κ3) is 7.46. The van der Waals surface area contributed by atoms with Crippen molar-refractivity contribution in [2.45, 2.75) is 113 Å². The van der Waals surface area contributed by atoms with Crippen LogP contribution in [0.25, 0.3) is 0 Å². The van der Waals surface area contributed by atoms with E-state index in [0.29, 0.717) is 6.42 Å². The van der Waals surface area contributed by atoms with Crippen molar-refractivity contribution in [2.75, 3.05) is 0 Å². The van der Waals surface area contributed by atoms with Crippen LogP contribution in [0.15, 0.2) is 24.3 Å². The molecule has 2 aliphatic rings. The van der Waals surface area contributed by atoms with Crippen molar-refractivity contribution in [1.82, 2.24) is 0 Å². The summed E-state index contributed by atoms with van der Waals surface area (Å²) in [5.41, 5.74) is 2.08. The number of hydrogen-bond donors (Lipinski definition) is 3. The highest BCUT2D eigenvalue weighted by atomic mass is 35.5. The van der Waals surface area contributed by atoms with Crippen molar-refractivity contribution in [3.8, 4) is 0 Å². The van der Waals surface area contributed by atoms with Crippen molar-refractivity contribution in [2.24, 2.45) is 11.8 Å². The number of aliphatic carboxylic acids is 1. The first-order valence-electron chi connectivity index (χ1n) is 12.8. The number of benzene rings is 1. The quantitative estimate of drug-likeness (QED) is 0.241. The molecule has 2 saturated carbocycles. The predicted octanol–water partition coefficient (Wildman–Crippen LogP) is 6.58. The second kappa shape index (κ2) is 13.0. The number of unbranched alkanes of at least 4 members (excludes halogenated alkanes) is 3. The van der Waals surface area contributed by atoms with Gasteiger partial charge in [0.2, 0.25) is 0 Å². The van der Waals surface area contributed by atoms with Crippen LogP contribution in [0, 0.1) is 11.8 Å². The van der Waals surface area contributed by atoms with Crippen LogP contribution in [0.4, 0.5) is 0 Å². The largest absolute Gasteiger partial charge is 0.481 e. The maximum absolute atomic E-state index is 10.7. The zero-order valence-corrected chi connectivity index (χ0v) is 20.1. The number of alkyl halides is 1. The van der Waals surface area contributed by atoms with Crippen molar-refractivity contribution in [1.29, 1.82) is 0 Å². The van der Waals surface area contributed by atoms with Gasteiger partial charge in [0.1, 0.15) is 0 Å². The van der Waals surface area contributed by atoms with Crippen LogP contribution in [-0.4, -0.2) is 32.8 Å². The lowest BCUT2D eigenvalue weighted by Crippen LogP contribution is -2.19. The molecular weight excluding hydrogens is 424 g/mol. The molecule has 2 aliphatic carbocycles. The molecule has 0 radical (unpaired) electrons. The van der Waals surface area contributed by atoms with E-state index in [1.807, 2.05) is 12.1 Å². The molecule has 3 N–H and O–H groups in total. The minimum atomic E-state index is -0.729. The number of rotatable bonds is 12. The number of carbonyl (C=O) groups is 1. The molecule has 0 bridgehead atoms. The summed E-state index contributed by atoms with van der Waals surface area (Å²) in [6, 6.07) is 8.19. The molecule has 0 aromatic heterocycles. The van der Waals surface area contributed by atoms with E-state index in [1.165, 1.54) is 32.1 Å². The monoisotopic (exact) mass is 464 g/mol. The summed E-state index contributed by atoms with van der Waals surface area (Å²) in [7, 11) is 0. The van der Waals surface area contributed by atoms with E-state index in [0.717, 1.165) is 62.0 Å². The molecule has 4 nitrogen and oxygen atoms in total. The predicted molar refractivity (Wildman–Crippen MR) is 129 cm³/mol. The number of carboxylic acids is 1. The first-order valence-corrected chi connectivity index (χ1v) is 13.2. The minimum absolute atomic E-state index is 0.0324. The van der Waals surface area contributed by atoms with Crippen molar-refractivity contribution in [3.05, 3.63) is 35.4 Å². The van der Waals surface area contributed by atoms with E-state index in [1.54, 1.807) is 0 Å². The Morgan fingerprint density at radius 2 is 1.69 bits per heavy atom. The van der Waals surface area contributed by atoms with Crippen LogP contribution in [-0.2, 0) is 4.79 Å². The van der Waals surface area contributed by atoms with Gasteiger partial charge in [0.15, 0.2) is 0 Å². The molecule has 0 saturated heterocycles. The number of carboxylic acid groups (broad SMARTS) is 1. The van der Waals surface area contributed by atoms with Crippen molar-refractivity contribution < 1.29 is 20.1 Å². The van der Waals surface area contributed by atoms with Crippen LogP contribution in [0.5, 0.6) is 0 Å². The van der Waals surface area contributed by atoms with E-state index in [4.69, 9.17) is 16.7 Å². The van der Waals surface area contributed by atoms with E-state index >= 15 is 0 Å². The molecule has 0 amide bonds. The molecule has 0 heterocycles. The Bertz CT molecular complexity index is 685. The third-order valence-electron chi connectivity index (χ3n) is 7.76. The van der Waals surface area contributed by atoms with Crippen LogP contribution in [0.2, 0.25) is 0 Å². The van der Waals surface area contributed by atoms with Crippen molar-refractivity contribution >= 4 is 17.6 Å². The number of aliphatic hydroxyl groups excluding tert-OH is 2. The van der Waals surface area contributed by atoms with E-state index < -0.39 is 18.2 Å². The zero-order valence-electron chi connectivity index (χ0n) is 19.3. The van der Waals surface area contributed by atoms with Gasteiger partial charge in [-0.2, -0.15) is 0 Å². The summed E-state index contributed by atoms with van der Waals surface area (Å²) >= 11 is 6.62. The van der Waals surface area contributed by atoms with Gasteiger partial charge in [-0.05, 0) is 55.1 Å². The normalized spacial score (nSPS) is 27.5. The van der Waals surface area contributed by atoms with Gasteiger partial charge in [0, 0.05) is 17.7 Å². The summed E-state index contributed by atoms with van der Waals surface area (Å²) in [6.07, 6.45) is 13.2. The molecule has 3 rings (SSSR count). The number of halogens is 1. The smallest absolute Gasteiger partial charge is 0.303 e. The van der Waals surface area contributed by atoms with Gasteiger partial charge in [-0.3, -0.25) is 4.79 Å². The lowest BCUT2D eigenvalue weighted by Gasteiger charge is -2.25. The van der Waals surface area contributed by atoms with Gasteiger partial charge in [0.05, 0.1) is 12.2 Å². The molecule has 180 valence electrons. The molecule has 0 spiro atoms. The summed E-state index contributed by atoms with van der Waals surface area (Å²) < 4.78 is 0. The molecule has 1 aromatic rings. The molecule has 0 aliphatic heterocycles. The Morgan fingerprint density at radius 1 is 1.00 bits per heavy atom. The Kier molecular flexibility index (Phi) is 10.3.